The Labute approximate surface area is 174 Å². The minimum atomic E-state index is -1.83. The van der Waals surface area contributed by atoms with Crippen LogP contribution in [0.5, 0.6) is 0 Å². The van der Waals surface area contributed by atoms with E-state index in [0.29, 0.717) is 13.0 Å². The van der Waals surface area contributed by atoms with Crippen LogP contribution in [0, 0.1) is 0 Å². The molecular formula is C19H35Cl4NO. The standard InChI is InChI=1S/C19H35Cl4NO/c1-5-8-10-12-14-16(4)24(7-3)17(25)18(20,19(21,22)23)15-13-11-9-6-2/h16H,5-15H2,1-4H3. The molecule has 0 spiro atoms. The zero-order valence-electron chi connectivity index (χ0n) is 16.2. The summed E-state index contributed by atoms with van der Waals surface area (Å²) in [4.78, 5) is 13.5. The third kappa shape index (κ3) is 8.45. The predicted octanol–water partition coefficient (Wildman–Crippen LogP) is 7.51. The number of unbranched alkanes of at least 4 members (excludes halogenated alkanes) is 6. The van der Waals surface area contributed by atoms with Crippen molar-refractivity contribution in [3.05, 3.63) is 0 Å². The van der Waals surface area contributed by atoms with Gasteiger partial charge in [0.05, 0.1) is 0 Å². The molecule has 0 aliphatic heterocycles. The van der Waals surface area contributed by atoms with E-state index in [1.807, 2.05) is 6.92 Å². The fourth-order valence-electron chi connectivity index (χ4n) is 3.07. The lowest BCUT2D eigenvalue weighted by molar-refractivity contribution is -0.136. The third-order valence-corrected chi connectivity index (χ3v) is 6.66. The Balaban J connectivity index is 5.04. The molecule has 2 atom stereocenters. The van der Waals surface area contributed by atoms with Gasteiger partial charge in [-0.05, 0) is 26.7 Å². The lowest BCUT2D eigenvalue weighted by atomic mass is 9.97. The van der Waals surface area contributed by atoms with Gasteiger partial charge >= 0.3 is 0 Å². The minimum Gasteiger partial charge on any atom is -0.339 e. The molecule has 150 valence electrons. The summed E-state index contributed by atoms with van der Waals surface area (Å²) in [6, 6.07) is 0.0930. The van der Waals surface area contributed by atoms with E-state index in [1.165, 1.54) is 19.3 Å². The Bertz CT molecular complexity index is 373. The Morgan fingerprint density at radius 2 is 1.40 bits per heavy atom. The summed E-state index contributed by atoms with van der Waals surface area (Å²) in [7, 11) is 0. The number of nitrogens with zero attached hydrogens (tertiary/aromatic N) is 1. The molecule has 2 nitrogen and oxygen atoms in total. The maximum absolute atomic E-state index is 13.2. The molecule has 0 saturated heterocycles. The van der Waals surface area contributed by atoms with Crippen LogP contribution in [0.1, 0.15) is 91.9 Å². The summed E-state index contributed by atoms with van der Waals surface area (Å²) in [5.41, 5.74) is 0. The van der Waals surface area contributed by atoms with Crippen LogP contribution in [0.3, 0.4) is 0 Å². The first kappa shape index (κ1) is 25.6. The second-order valence-corrected chi connectivity index (χ2v) is 9.83. The number of hydrogen-bond donors (Lipinski definition) is 0. The van der Waals surface area contributed by atoms with E-state index in [1.54, 1.807) is 4.90 Å². The first-order valence-corrected chi connectivity index (χ1v) is 11.2. The molecule has 0 aromatic carbocycles. The van der Waals surface area contributed by atoms with Crippen LogP contribution in [0.25, 0.3) is 0 Å². The van der Waals surface area contributed by atoms with Crippen LogP contribution in [0.2, 0.25) is 0 Å². The highest BCUT2D eigenvalue weighted by molar-refractivity contribution is 6.73. The Kier molecular flexibility index (Phi) is 13.2. The van der Waals surface area contributed by atoms with Crippen LogP contribution < -0.4 is 0 Å². The molecule has 0 radical (unpaired) electrons. The number of halogens is 4. The van der Waals surface area contributed by atoms with Crippen molar-refractivity contribution in [1.82, 2.24) is 4.90 Å². The SMILES string of the molecule is CCCCCCC(C)N(CC)C(=O)C(Cl)(CCCCCC)C(Cl)(Cl)Cl. The van der Waals surface area contributed by atoms with Crippen LogP contribution in [-0.2, 0) is 4.79 Å². The zero-order valence-corrected chi connectivity index (χ0v) is 19.2. The second-order valence-electron chi connectivity index (χ2n) is 6.90. The molecule has 0 bridgehead atoms. The molecule has 0 N–H and O–H groups in total. The average molecular weight is 435 g/mol. The number of rotatable bonds is 13. The van der Waals surface area contributed by atoms with Gasteiger partial charge in [0.15, 0.2) is 4.87 Å². The largest absolute Gasteiger partial charge is 0.339 e. The summed E-state index contributed by atoms with van der Waals surface area (Å²) >= 11 is 25.1. The topological polar surface area (TPSA) is 20.3 Å². The van der Waals surface area contributed by atoms with Gasteiger partial charge in [-0.15, -0.1) is 11.6 Å². The summed E-state index contributed by atoms with van der Waals surface area (Å²) in [5.74, 6) is -0.254. The lowest BCUT2D eigenvalue weighted by Crippen LogP contribution is -2.55. The summed E-state index contributed by atoms with van der Waals surface area (Å²) in [6.07, 6.45) is 9.97. The molecule has 0 heterocycles. The maximum atomic E-state index is 13.2. The molecule has 25 heavy (non-hydrogen) atoms. The number of amides is 1. The van der Waals surface area contributed by atoms with Crippen molar-refractivity contribution >= 4 is 52.3 Å². The molecule has 0 fully saturated rings. The normalized spacial score (nSPS) is 15.7. The molecule has 1 amide bonds. The van der Waals surface area contributed by atoms with Crippen molar-refractivity contribution in [3.63, 3.8) is 0 Å². The first-order valence-electron chi connectivity index (χ1n) is 9.72. The number of alkyl halides is 4. The maximum Gasteiger partial charge on any atom is 0.248 e. The number of carbonyl (C=O) groups is 1. The highest BCUT2D eigenvalue weighted by atomic mass is 35.6. The molecule has 2 unspecified atom stereocenters. The first-order chi connectivity index (χ1) is 11.7. The van der Waals surface area contributed by atoms with E-state index >= 15 is 0 Å². The van der Waals surface area contributed by atoms with Crippen LogP contribution in [0.4, 0.5) is 0 Å². The second kappa shape index (κ2) is 12.9. The van der Waals surface area contributed by atoms with Gasteiger partial charge in [-0.1, -0.05) is 100 Å². The average Bonchev–Trinajstić information content (AvgIpc) is 2.54. The number of hydrogen-bond acceptors (Lipinski definition) is 1. The van der Waals surface area contributed by atoms with Gasteiger partial charge in [0.25, 0.3) is 0 Å². The Hall–Kier alpha value is 0.630. The van der Waals surface area contributed by atoms with E-state index in [2.05, 4.69) is 20.8 Å². The summed E-state index contributed by atoms with van der Waals surface area (Å²) in [5, 5.41) is 0. The van der Waals surface area contributed by atoms with E-state index in [9.17, 15) is 4.79 Å². The molecule has 0 rings (SSSR count). The van der Waals surface area contributed by atoms with Gasteiger partial charge < -0.3 is 4.90 Å². The van der Waals surface area contributed by atoms with Gasteiger partial charge in [0.2, 0.25) is 9.70 Å². The van der Waals surface area contributed by atoms with Gasteiger partial charge in [-0.2, -0.15) is 0 Å². The fourth-order valence-corrected chi connectivity index (χ4v) is 3.84. The van der Waals surface area contributed by atoms with E-state index in [0.717, 1.165) is 38.5 Å². The molecule has 0 aliphatic rings. The molecule has 0 aliphatic carbocycles. The van der Waals surface area contributed by atoms with Gasteiger partial charge in [-0.3, -0.25) is 4.79 Å². The molecule has 6 heteroatoms. The Morgan fingerprint density at radius 3 is 1.84 bits per heavy atom. The molecule has 0 aromatic rings. The van der Waals surface area contributed by atoms with Crippen LogP contribution in [-0.4, -0.2) is 32.1 Å². The highest BCUT2D eigenvalue weighted by Gasteiger charge is 2.54. The van der Waals surface area contributed by atoms with Crippen LogP contribution in [0.15, 0.2) is 0 Å². The van der Waals surface area contributed by atoms with Crippen molar-refractivity contribution in [3.8, 4) is 0 Å². The van der Waals surface area contributed by atoms with Crippen molar-refractivity contribution in [1.29, 1.82) is 0 Å². The molecular weight excluding hydrogens is 400 g/mol. The van der Waals surface area contributed by atoms with Crippen molar-refractivity contribution in [2.45, 2.75) is 107 Å². The minimum absolute atomic E-state index is 0.0930. The molecule has 0 saturated carbocycles. The monoisotopic (exact) mass is 433 g/mol. The van der Waals surface area contributed by atoms with Gasteiger partial charge in [0, 0.05) is 12.6 Å². The van der Waals surface area contributed by atoms with Gasteiger partial charge in [-0.25, -0.2) is 0 Å². The van der Waals surface area contributed by atoms with E-state index in [-0.39, 0.29) is 11.9 Å². The zero-order chi connectivity index (χ0) is 19.5. The van der Waals surface area contributed by atoms with Crippen molar-refractivity contribution in [2.75, 3.05) is 6.54 Å². The number of carbonyl (C=O) groups excluding carboxylic acids is 1. The Morgan fingerprint density at radius 1 is 0.880 bits per heavy atom. The van der Waals surface area contributed by atoms with E-state index in [4.69, 9.17) is 46.4 Å². The van der Waals surface area contributed by atoms with Crippen LogP contribution >= 0.6 is 46.4 Å². The fraction of sp³-hybridized carbons (Fsp3) is 0.947. The van der Waals surface area contributed by atoms with Gasteiger partial charge in [0.1, 0.15) is 0 Å². The third-order valence-electron chi connectivity index (χ3n) is 4.77. The summed E-state index contributed by atoms with van der Waals surface area (Å²) in [6.45, 7) is 8.89. The highest BCUT2D eigenvalue weighted by Crippen LogP contribution is 2.47. The van der Waals surface area contributed by atoms with E-state index < -0.39 is 8.67 Å². The summed E-state index contributed by atoms with van der Waals surface area (Å²) < 4.78 is -1.83. The van der Waals surface area contributed by atoms with Crippen molar-refractivity contribution in [2.24, 2.45) is 0 Å². The lowest BCUT2D eigenvalue weighted by Gasteiger charge is -2.39. The smallest absolute Gasteiger partial charge is 0.248 e. The quantitative estimate of drug-likeness (QED) is 0.217. The van der Waals surface area contributed by atoms with Crippen molar-refractivity contribution < 1.29 is 4.79 Å². The molecule has 0 aromatic heterocycles. The predicted molar refractivity (Wildman–Crippen MR) is 113 cm³/mol.